The molecule has 0 radical (unpaired) electrons. The van der Waals surface area contributed by atoms with Crippen molar-refractivity contribution in [1.82, 2.24) is 4.98 Å². The van der Waals surface area contributed by atoms with Crippen LogP contribution in [0.4, 0.5) is 13.2 Å². The third-order valence-electron chi connectivity index (χ3n) is 4.73. The van der Waals surface area contributed by atoms with Gasteiger partial charge in [-0.05, 0) is 23.3 Å². The lowest BCUT2D eigenvalue weighted by atomic mass is 9.96. The largest absolute Gasteiger partial charge is 0.433 e. The van der Waals surface area contributed by atoms with Crippen molar-refractivity contribution in [1.29, 1.82) is 0 Å². The molecule has 30 heavy (non-hydrogen) atoms. The molecule has 2 nitrogen and oxygen atoms in total. The second-order valence-electron chi connectivity index (χ2n) is 6.73. The number of carbonyl (C=O) groups is 1. The maximum absolute atomic E-state index is 13.2. The molecule has 0 N–H and O–H groups in total. The number of benzene rings is 3. The zero-order chi connectivity index (χ0) is 21.1. The molecule has 148 valence electrons. The Labute approximate surface area is 171 Å². The second-order valence-corrected chi connectivity index (χ2v) is 6.73. The first kappa shape index (κ1) is 19.6. The van der Waals surface area contributed by atoms with Gasteiger partial charge in [0, 0.05) is 16.7 Å². The van der Waals surface area contributed by atoms with Crippen LogP contribution < -0.4 is 0 Å². The van der Waals surface area contributed by atoms with E-state index in [-0.39, 0.29) is 17.0 Å². The average Bonchev–Trinajstić information content (AvgIpc) is 2.79. The van der Waals surface area contributed by atoms with Crippen LogP contribution in [0.1, 0.15) is 21.6 Å². The summed E-state index contributed by atoms with van der Waals surface area (Å²) >= 11 is 0. The molecule has 0 amide bonds. The van der Waals surface area contributed by atoms with Crippen LogP contribution in [-0.2, 0) is 6.18 Å². The number of aromatic nitrogens is 1. The lowest BCUT2D eigenvalue weighted by Crippen LogP contribution is -2.12. The molecule has 4 rings (SSSR count). The smallest absolute Gasteiger partial charge is 0.289 e. The summed E-state index contributed by atoms with van der Waals surface area (Å²) in [5.74, 6) is -0.380. The Kier molecular flexibility index (Phi) is 5.19. The van der Waals surface area contributed by atoms with Crippen LogP contribution in [0.5, 0.6) is 0 Å². The molecule has 1 heterocycles. The van der Waals surface area contributed by atoms with E-state index >= 15 is 0 Å². The highest BCUT2D eigenvalue weighted by Crippen LogP contribution is 2.32. The van der Waals surface area contributed by atoms with E-state index in [9.17, 15) is 18.0 Å². The van der Waals surface area contributed by atoms with E-state index in [1.54, 1.807) is 42.5 Å². The number of nitrogens with zero attached hydrogens (tertiary/aromatic N) is 1. The number of carbonyl (C=O) groups excluding carboxylic acids is 1. The van der Waals surface area contributed by atoms with Crippen LogP contribution in [0, 0.1) is 0 Å². The molecular formula is C25H16F3NO. The summed E-state index contributed by atoms with van der Waals surface area (Å²) in [7, 11) is 0. The number of halogens is 3. The Hall–Kier alpha value is -3.73. The summed E-state index contributed by atoms with van der Waals surface area (Å²) in [5, 5.41) is 0. The molecule has 0 saturated heterocycles. The Balaban J connectivity index is 1.75. The molecule has 0 atom stereocenters. The zero-order valence-electron chi connectivity index (χ0n) is 15.7. The maximum atomic E-state index is 13.2. The normalized spacial score (nSPS) is 11.3. The fourth-order valence-corrected chi connectivity index (χ4v) is 3.22. The van der Waals surface area contributed by atoms with Gasteiger partial charge in [-0.2, -0.15) is 13.2 Å². The van der Waals surface area contributed by atoms with Crippen molar-refractivity contribution in [2.75, 3.05) is 0 Å². The quantitative estimate of drug-likeness (QED) is 0.356. The highest BCUT2D eigenvalue weighted by atomic mass is 19.4. The van der Waals surface area contributed by atoms with Gasteiger partial charge in [0.1, 0.15) is 5.69 Å². The lowest BCUT2D eigenvalue weighted by Gasteiger charge is -2.13. The van der Waals surface area contributed by atoms with Crippen LogP contribution in [0.3, 0.4) is 0 Å². The molecular weight excluding hydrogens is 387 g/mol. The Morgan fingerprint density at radius 3 is 1.73 bits per heavy atom. The van der Waals surface area contributed by atoms with Gasteiger partial charge < -0.3 is 0 Å². The highest BCUT2D eigenvalue weighted by molar-refractivity contribution is 6.12. The molecule has 0 unspecified atom stereocenters. The first-order valence-corrected chi connectivity index (χ1v) is 9.27. The molecule has 5 heteroatoms. The van der Waals surface area contributed by atoms with Crippen molar-refractivity contribution in [2.24, 2.45) is 0 Å². The molecule has 0 aliphatic rings. The van der Waals surface area contributed by atoms with Crippen LogP contribution in [0.15, 0.2) is 97.1 Å². The Bertz CT molecular complexity index is 1170. The number of ketones is 1. The predicted molar refractivity (Wildman–Crippen MR) is 110 cm³/mol. The van der Waals surface area contributed by atoms with E-state index in [0.717, 1.165) is 17.2 Å². The molecule has 4 aromatic rings. The van der Waals surface area contributed by atoms with Crippen molar-refractivity contribution >= 4 is 5.78 Å². The zero-order valence-corrected chi connectivity index (χ0v) is 15.7. The van der Waals surface area contributed by atoms with Crippen molar-refractivity contribution in [3.63, 3.8) is 0 Å². The van der Waals surface area contributed by atoms with Crippen molar-refractivity contribution < 1.29 is 18.0 Å². The minimum absolute atomic E-state index is 0.0163. The van der Waals surface area contributed by atoms with Gasteiger partial charge in [0.15, 0.2) is 5.78 Å². The van der Waals surface area contributed by atoms with E-state index in [4.69, 9.17) is 0 Å². The van der Waals surface area contributed by atoms with Crippen LogP contribution in [0.25, 0.3) is 22.4 Å². The standard InChI is InChI=1S/C25H16F3NO/c26-25(27,28)22-16-15-21(23(29-22)19-9-5-2-6-10-19)24(30)20-13-11-18(12-14-20)17-7-3-1-4-8-17/h1-16H. The van der Waals surface area contributed by atoms with Gasteiger partial charge in [-0.1, -0.05) is 84.9 Å². The van der Waals surface area contributed by atoms with E-state index in [1.807, 2.05) is 42.5 Å². The number of hydrogen-bond donors (Lipinski definition) is 0. The topological polar surface area (TPSA) is 30.0 Å². The summed E-state index contributed by atoms with van der Waals surface area (Å²) in [6.45, 7) is 0. The molecule has 0 aliphatic carbocycles. The minimum atomic E-state index is -4.59. The van der Waals surface area contributed by atoms with E-state index < -0.39 is 11.9 Å². The molecule has 0 saturated carbocycles. The van der Waals surface area contributed by atoms with Crippen LogP contribution in [-0.4, -0.2) is 10.8 Å². The summed E-state index contributed by atoms with van der Waals surface area (Å²) in [5.41, 5.74) is 1.90. The molecule has 0 spiro atoms. The third-order valence-corrected chi connectivity index (χ3v) is 4.73. The molecule has 0 bridgehead atoms. The monoisotopic (exact) mass is 403 g/mol. The lowest BCUT2D eigenvalue weighted by molar-refractivity contribution is -0.141. The van der Waals surface area contributed by atoms with Crippen molar-refractivity contribution in [2.45, 2.75) is 6.18 Å². The Morgan fingerprint density at radius 2 is 1.17 bits per heavy atom. The number of pyridine rings is 1. The van der Waals surface area contributed by atoms with Crippen LogP contribution in [0.2, 0.25) is 0 Å². The van der Waals surface area contributed by atoms with Crippen molar-refractivity contribution in [3.05, 3.63) is 114 Å². The van der Waals surface area contributed by atoms with E-state index in [0.29, 0.717) is 11.1 Å². The first-order chi connectivity index (χ1) is 14.4. The first-order valence-electron chi connectivity index (χ1n) is 9.27. The Morgan fingerprint density at radius 1 is 0.633 bits per heavy atom. The predicted octanol–water partition coefficient (Wildman–Crippen LogP) is 6.67. The van der Waals surface area contributed by atoms with Crippen LogP contribution >= 0.6 is 0 Å². The highest BCUT2D eigenvalue weighted by Gasteiger charge is 2.33. The van der Waals surface area contributed by atoms with Crippen molar-refractivity contribution in [3.8, 4) is 22.4 Å². The average molecular weight is 403 g/mol. The SMILES string of the molecule is O=C(c1ccc(-c2ccccc2)cc1)c1ccc(C(F)(F)F)nc1-c1ccccc1. The maximum Gasteiger partial charge on any atom is 0.433 e. The minimum Gasteiger partial charge on any atom is -0.289 e. The molecule has 0 aliphatic heterocycles. The molecule has 1 aromatic heterocycles. The van der Waals surface area contributed by atoms with Gasteiger partial charge in [0.2, 0.25) is 0 Å². The van der Waals surface area contributed by atoms with Gasteiger partial charge >= 0.3 is 6.18 Å². The van der Waals surface area contributed by atoms with Gasteiger partial charge in [0.05, 0.1) is 5.69 Å². The number of hydrogen-bond acceptors (Lipinski definition) is 2. The van der Waals surface area contributed by atoms with Gasteiger partial charge in [-0.15, -0.1) is 0 Å². The third kappa shape index (κ3) is 4.01. The van der Waals surface area contributed by atoms with E-state index in [2.05, 4.69) is 4.98 Å². The molecule has 0 fully saturated rings. The summed E-state index contributed by atoms with van der Waals surface area (Å²) in [6, 6.07) is 27.2. The second kappa shape index (κ2) is 7.95. The fraction of sp³-hybridized carbons (Fsp3) is 0.0400. The number of alkyl halides is 3. The fourth-order valence-electron chi connectivity index (χ4n) is 3.22. The van der Waals surface area contributed by atoms with Gasteiger partial charge in [0.25, 0.3) is 0 Å². The molecule has 3 aromatic carbocycles. The summed E-state index contributed by atoms with van der Waals surface area (Å²) in [4.78, 5) is 16.9. The van der Waals surface area contributed by atoms with Gasteiger partial charge in [-0.25, -0.2) is 4.98 Å². The summed E-state index contributed by atoms with van der Waals surface area (Å²) in [6.07, 6.45) is -4.59. The van der Waals surface area contributed by atoms with Gasteiger partial charge in [-0.3, -0.25) is 4.79 Å². The summed E-state index contributed by atoms with van der Waals surface area (Å²) < 4.78 is 39.6. The van der Waals surface area contributed by atoms with E-state index in [1.165, 1.54) is 6.07 Å². The number of rotatable bonds is 4.